The Balaban J connectivity index is 5.56. The largest absolute Gasteiger partial charge is 0.465 e. The maximum absolute atomic E-state index is 12.8. The van der Waals surface area contributed by atoms with E-state index in [-0.39, 0.29) is 29.8 Å². The molecular weight excluding hydrogens is 330 g/mol. The van der Waals surface area contributed by atoms with Crippen LogP contribution in [0.2, 0.25) is 0 Å². The Kier molecular flexibility index (Phi) is 14.4. The van der Waals surface area contributed by atoms with Crippen LogP contribution in [0.25, 0.3) is 0 Å². The van der Waals surface area contributed by atoms with Gasteiger partial charge in [0.05, 0.1) is 25.0 Å². The van der Waals surface area contributed by atoms with Crippen LogP contribution in [0.15, 0.2) is 0 Å². The van der Waals surface area contributed by atoms with Crippen molar-refractivity contribution in [3.05, 3.63) is 0 Å². The van der Waals surface area contributed by atoms with Crippen LogP contribution in [-0.2, 0) is 19.1 Å². The molecule has 0 saturated carbocycles. The van der Waals surface area contributed by atoms with E-state index in [1.165, 1.54) is 0 Å². The molecule has 0 amide bonds. The lowest BCUT2D eigenvalue weighted by molar-refractivity contribution is -0.158. The summed E-state index contributed by atoms with van der Waals surface area (Å²) in [7, 11) is 3.89. The van der Waals surface area contributed by atoms with Crippen LogP contribution in [0.3, 0.4) is 0 Å². The second kappa shape index (κ2) is 15.0. The molecule has 0 rings (SSSR count). The third kappa shape index (κ3) is 9.02. The number of nitrogens with zero attached hydrogens (tertiary/aromatic N) is 1. The summed E-state index contributed by atoms with van der Waals surface area (Å²) in [5.41, 5.74) is 0. The summed E-state index contributed by atoms with van der Waals surface area (Å²) in [6.07, 6.45) is 7.00. The van der Waals surface area contributed by atoms with Crippen molar-refractivity contribution in [3.63, 3.8) is 0 Å². The first kappa shape index (κ1) is 24.9. The van der Waals surface area contributed by atoms with Crippen LogP contribution in [-0.4, -0.2) is 50.2 Å². The minimum absolute atomic E-state index is 0.177. The summed E-state index contributed by atoms with van der Waals surface area (Å²) in [5.74, 6) is -0.951. The van der Waals surface area contributed by atoms with Gasteiger partial charge in [-0.25, -0.2) is 0 Å². The Labute approximate surface area is 160 Å². The van der Waals surface area contributed by atoms with Crippen molar-refractivity contribution >= 4 is 11.9 Å². The molecule has 0 radical (unpaired) electrons. The van der Waals surface area contributed by atoms with E-state index in [0.717, 1.165) is 51.4 Å². The molecule has 0 N–H and O–H groups in total. The van der Waals surface area contributed by atoms with E-state index in [0.29, 0.717) is 13.2 Å². The maximum Gasteiger partial charge on any atom is 0.310 e. The number of ether oxygens (including phenoxy) is 2. The highest BCUT2D eigenvalue weighted by Crippen LogP contribution is 2.29. The molecule has 5 heteroatoms. The van der Waals surface area contributed by atoms with Crippen LogP contribution < -0.4 is 0 Å². The summed E-state index contributed by atoms with van der Waals surface area (Å²) in [4.78, 5) is 27.6. The first-order valence-corrected chi connectivity index (χ1v) is 10.4. The van der Waals surface area contributed by atoms with Gasteiger partial charge in [0.15, 0.2) is 0 Å². The van der Waals surface area contributed by atoms with E-state index in [9.17, 15) is 9.59 Å². The summed E-state index contributed by atoms with van der Waals surface area (Å²) in [6.45, 7) is 9.07. The van der Waals surface area contributed by atoms with E-state index in [1.54, 1.807) is 0 Å². The third-order valence-electron chi connectivity index (χ3n) is 4.66. The van der Waals surface area contributed by atoms with Crippen LogP contribution in [0.1, 0.15) is 79.1 Å². The quantitative estimate of drug-likeness (QED) is 0.398. The first-order valence-electron chi connectivity index (χ1n) is 10.4. The van der Waals surface area contributed by atoms with E-state index in [4.69, 9.17) is 9.47 Å². The van der Waals surface area contributed by atoms with Gasteiger partial charge in [-0.1, -0.05) is 53.4 Å². The van der Waals surface area contributed by atoms with Gasteiger partial charge < -0.3 is 14.4 Å². The van der Waals surface area contributed by atoms with Crippen molar-refractivity contribution < 1.29 is 19.1 Å². The van der Waals surface area contributed by atoms with Gasteiger partial charge in [0, 0.05) is 6.04 Å². The lowest BCUT2D eigenvalue weighted by Gasteiger charge is -2.36. The lowest BCUT2D eigenvalue weighted by Crippen LogP contribution is -2.48. The van der Waals surface area contributed by atoms with Crippen molar-refractivity contribution in [2.75, 3.05) is 27.3 Å². The molecule has 26 heavy (non-hydrogen) atoms. The topological polar surface area (TPSA) is 55.8 Å². The summed E-state index contributed by atoms with van der Waals surface area (Å²) >= 11 is 0. The second-order valence-electron chi connectivity index (χ2n) is 7.29. The van der Waals surface area contributed by atoms with Gasteiger partial charge in [-0.15, -0.1) is 0 Å². The average Bonchev–Trinajstić information content (AvgIpc) is 2.62. The number of carbonyl (C=O) groups excluding carboxylic acids is 2. The number of hydrogen-bond acceptors (Lipinski definition) is 5. The number of rotatable bonds is 15. The van der Waals surface area contributed by atoms with Crippen molar-refractivity contribution in [2.45, 2.75) is 85.1 Å². The summed E-state index contributed by atoms with van der Waals surface area (Å²) in [6, 6.07) is -0.193. The van der Waals surface area contributed by atoms with Crippen LogP contribution >= 0.6 is 0 Å². The standard InChI is InChI=1S/C21H41NO4/c1-7-11-13-17(20(23)25-15-9-3)19(22(5)6)18(14-12-8-2)21(24)26-16-10-4/h17-19H,7-16H2,1-6H3. The number of esters is 2. The minimum Gasteiger partial charge on any atom is -0.465 e. The molecule has 0 heterocycles. The third-order valence-corrected chi connectivity index (χ3v) is 4.66. The number of hydrogen-bond donors (Lipinski definition) is 0. The molecule has 0 fully saturated rings. The van der Waals surface area contributed by atoms with Crippen molar-refractivity contribution in [1.29, 1.82) is 0 Å². The molecule has 0 aromatic rings. The molecule has 0 aliphatic rings. The monoisotopic (exact) mass is 371 g/mol. The zero-order valence-electron chi connectivity index (χ0n) is 17.9. The smallest absolute Gasteiger partial charge is 0.310 e. The molecule has 0 aromatic carbocycles. The van der Waals surface area contributed by atoms with Gasteiger partial charge in [-0.3, -0.25) is 9.59 Å². The zero-order chi connectivity index (χ0) is 19.9. The highest BCUT2D eigenvalue weighted by Gasteiger charge is 2.40. The zero-order valence-corrected chi connectivity index (χ0v) is 17.9. The highest BCUT2D eigenvalue weighted by molar-refractivity contribution is 5.77. The fourth-order valence-electron chi connectivity index (χ4n) is 3.32. The molecule has 2 atom stereocenters. The van der Waals surface area contributed by atoms with Gasteiger partial charge in [-0.05, 0) is 39.8 Å². The van der Waals surface area contributed by atoms with Gasteiger partial charge >= 0.3 is 11.9 Å². The van der Waals surface area contributed by atoms with Crippen LogP contribution in [0, 0.1) is 11.8 Å². The number of carbonyl (C=O) groups is 2. The Morgan fingerprint density at radius 2 is 1.12 bits per heavy atom. The highest BCUT2D eigenvalue weighted by atomic mass is 16.5. The maximum atomic E-state index is 12.8. The molecule has 0 aliphatic heterocycles. The molecule has 154 valence electrons. The lowest BCUT2D eigenvalue weighted by atomic mass is 9.81. The molecular formula is C21H41NO4. The first-order chi connectivity index (χ1) is 12.4. The van der Waals surface area contributed by atoms with Gasteiger partial charge in [0.1, 0.15) is 0 Å². The molecule has 0 bridgehead atoms. The Morgan fingerprint density at radius 1 is 0.731 bits per heavy atom. The molecule has 0 spiro atoms. The normalized spacial score (nSPS) is 14.7. The van der Waals surface area contributed by atoms with Gasteiger partial charge in [0.2, 0.25) is 0 Å². The Bertz CT molecular complexity index is 352. The molecule has 0 aliphatic carbocycles. The summed E-state index contributed by atoms with van der Waals surface area (Å²) in [5, 5.41) is 0. The fraction of sp³-hybridized carbons (Fsp3) is 0.905. The minimum atomic E-state index is -0.299. The average molecular weight is 372 g/mol. The molecule has 0 saturated heterocycles. The number of unbranched alkanes of at least 4 members (excludes halogenated alkanes) is 2. The van der Waals surface area contributed by atoms with E-state index in [1.807, 2.05) is 32.8 Å². The second-order valence-corrected chi connectivity index (χ2v) is 7.29. The molecule has 0 aromatic heterocycles. The van der Waals surface area contributed by atoms with Crippen molar-refractivity contribution in [1.82, 2.24) is 4.90 Å². The van der Waals surface area contributed by atoms with E-state index >= 15 is 0 Å². The van der Waals surface area contributed by atoms with Crippen molar-refractivity contribution in [3.8, 4) is 0 Å². The SMILES string of the molecule is CCCCC(C(=O)OCCC)C(C(CCCC)C(=O)OCCC)N(C)C. The van der Waals surface area contributed by atoms with Gasteiger partial charge in [0.25, 0.3) is 0 Å². The fourth-order valence-corrected chi connectivity index (χ4v) is 3.32. The van der Waals surface area contributed by atoms with E-state index in [2.05, 4.69) is 13.8 Å². The summed E-state index contributed by atoms with van der Waals surface area (Å²) < 4.78 is 11.0. The van der Waals surface area contributed by atoms with Crippen LogP contribution in [0.4, 0.5) is 0 Å². The van der Waals surface area contributed by atoms with E-state index < -0.39 is 0 Å². The van der Waals surface area contributed by atoms with Crippen molar-refractivity contribution in [2.24, 2.45) is 11.8 Å². The Morgan fingerprint density at radius 3 is 1.38 bits per heavy atom. The predicted molar refractivity (Wildman–Crippen MR) is 106 cm³/mol. The van der Waals surface area contributed by atoms with Gasteiger partial charge in [-0.2, -0.15) is 0 Å². The predicted octanol–water partition coefficient (Wildman–Crippen LogP) is 4.44. The Hall–Kier alpha value is -1.10. The van der Waals surface area contributed by atoms with Crippen LogP contribution in [0.5, 0.6) is 0 Å². The molecule has 5 nitrogen and oxygen atoms in total. The molecule has 2 unspecified atom stereocenters.